The third-order valence-corrected chi connectivity index (χ3v) is 4.48. The van der Waals surface area contributed by atoms with Crippen LogP contribution in [-0.2, 0) is 20.9 Å². The lowest BCUT2D eigenvalue weighted by molar-refractivity contribution is -0.137. The minimum Gasteiger partial charge on any atom is -0.445 e. The summed E-state index contributed by atoms with van der Waals surface area (Å²) in [4.78, 5) is 40.1. The number of benzene rings is 1. The normalized spacial score (nSPS) is 16.4. The topological polar surface area (TPSA) is 108 Å². The summed E-state index contributed by atoms with van der Waals surface area (Å²) >= 11 is 0. The highest BCUT2D eigenvalue weighted by Crippen LogP contribution is 2.13. The molecule has 0 spiro atoms. The zero-order chi connectivity index (χ0) is 22.3. The summed E-state index contributed by atoms with van der Waals surface area (Å²) in [7, 11) is 0. The zero-order valence-electron chi connectivity index (χ0n) is 18.0. The van der Waals surface area contributed by atoms with Crippen molar-refractivity contribution < 1.29 is 29.0 Å². The Labute approximate surface area is 176 Å². The van der Waals surface area contributed by atoms with Gasteiger partial charge in [-0.3, -0.25) is 4.79 Å². The van der Waals surface area contributed by atoms with Crippen LogP contribution in [0.15, 0.2) is 30.3 Å². The first-order valence-electron chi connectivity index (χ1n) is 9.99. The third kappa shape index (κ3) is 7.22. The minimum atomic E-state index is -1.14. The maximum absolute atomic E-state index is 12.8. The van der Waals surface area contributed by atoms with Crippen molar-refractivity contribution in [2.24, 2.45) is 0 Å². The monoisotopic (exact) mass is 421 g/mol. The molecule has 1 saturated heterocycles. The van der Waals surface area contributed by atoms with Crippen molar-refractivity contribution in [1.82, 2.24) is 15.1 Å². The fourth-order valence-electron chi connectivity index (χ4n) is 2.91. The number of carbonyl (C=O) groups is 3. The molecule has 9 heteroatoms. The first kappa shape index (κ1) is 23.5. The highest BCUT2D eigenvalue weighted by molar-refractivity contribution is 5.86. The molecule has 2 rings (SSSR count). The van der Waals surface area contributed by atoms with E-state index in [1.807, 2.05) is 30.3 Å². The smallest absolute Gasteiger partial charge is 0.410 e. The maximum Gasteiger partial charge on any atom is 0.410 e. The molecule has 1 fully saturated rings. The van der Waals surface area contributed by atoms with E-state index in [4.69, 9.17) is 9.47 Å². The van der Waals surface area contributed by atoms with Gasteiger partial charge in [0.2, 0.25) is 5.91 Å². The summed E-state index contributed by atoms with van der Waals surface area (Å²) in [6.07, 6.45) is -2.32. The number of ether oxygens (including phenoxy) is 2. The second-order valence-electron chi connectivity index (χ2n) is 8.22. The second kappa shape index (κ2) is 10.3. The number of carbonyl (C=O) groups excluding carboxylic acids is 3. The fraction of sp³-hybridized carbons (Fsp3) is 0.571. The van der Waals surface area contributed by atoms with Crippen LogP contribution in [-0.4, -0.2) is 76.9 Å². The van der Waals surface area contributed by atoms with Crippen molar-refractivity contribution in [3.8, 4) is 0 Å². The number of nitrogens with one attached hydrogen (secondary N) is 1. The van der Waals surface area contributed by atoms with Gasteiger partial charge in [0.05, 0.1) is 6.10 Å². The molecule has 30 heavy (non-hydrogen) atoms. The Bertz CT molecular complexity index is 724. The van der Waals surface area contributed by atoms with Gasteiger partial charge in [-0.1, -0.05) is 30.3 Å². The minimum absolute atomic E-state index is 0.0575. The summed E-state index contributed by atoms with van der Waals surface area (Å²) in [6, 6.07) is 8.00. The number of aliphatic hydroxyl groups excluding tert-OH is 1. The van der Waals surface area contributed by atoms with E-state index in [9.17, 15) is 19.5 Å². The van der Waals surface area contributed by atoms with E-state index in [1.165, 1.54) is 16.7 Å². The second-order valence-corrected chi connectivity index (χ2v) is 8.22. The van der Waals surface area contributed by atoms with Gasteiger partial charge in [-0.2, -0.15) is 0 Å². The van der Waals surface area contributed by atoms with Gasteiger partial charge < -0.3 is 29.7 Å². The molecule has 1 aliphatic heterocycles. The molecule has 0 aromatic heterocycles. The quantitative estimate of drug-likeness (QED) is 0.750. The largest absolute Gasteiger partial charge is 0.445 e. The number of amides is 3. The van der Waals surface area contributed by atoms with Crippen LogP contribution in [0.3, 0.4) is 0 Å². The number of hydrogen-bond acceptors (Lipinski definition) is 6. The summed E-state index contributed by atoms with van der Waals surface area (Å²) in [5.41, 5.74) is 0.219. The van der Waals surface area contributed by atoms with Gasteiger partial charge in [0.1, 0.15) is 18.2 Å². The number of hydrogen-bond donors (Lipinski definition) is 2. The van der Waals surface area contributed by atoms with Gasteiger partial charge >= 0.3 is 12.2 Å². The van der Waals surface area contributed by atoms with E-state index in [-0.39, 0.29) is 19.7 Å². The maximum atomic E-state index is 12.8. The van der Waals surface area contributed by atoms with Crippen molar-refractivity contribution >= 4 is 18.1 Å². The van der Waals surface area contributed by atoms with Crippen LogP contribution in [0.5, 0.6) is 0 Å². The first-order valence-corrected chi connectivity index (χ1v) is 9.99. The first-order chi connectivity index (χ1) is 14.1. The Hall–Kier alpha value is -2.81. The SMILES string of the molecule is C[C@H](O)[C@@H](NC(=O)OCc1ccccc1)C(=O)N1CCN(C(=O)OC(C)(C)C)CC1. The molecule has 0 unspecified atom stereocenters. The van der Waals surface area contributed by atoms with Gasteiger partial charge in [-0.25, -0.2) is 9.59 Å². The van der Waals surface area contributed by atoms with Crippen molar-refractivity contribution in [3.63, 3.8) is 0 Å². The van der Waals surface area contributed by atoms with Crippen LogP contribution < -0.4 is 5.32 Å². The van der Waals surface area contributed by atoms with Crippen molar-refractivity contribution in [2.45, 2.75) is 52.0 Å². The molecule has 9 nitrogen and oxygen atoms in total. The van der Waals surface area contributed by atoms with Crippen LogP contribution >= 0.6 is 0 Å². The number of nitrogens with zero attached hydrogens (tertiary/aromatic N) is 2. The molecule has 166 valence electrons. The molecule has 1 aromatic carbocycles. The van der Waals surface area contributed by atoms with E-state index in [0.29, 0.717) is 13.1 Å². The van der Waals surface area contributed by atoms with E-state index in [2.05, 4.69) is 5.32 Å². The summed E-state index contributed by atoms with van der Waals surface area (Å²) in [5.74, 6) is -0.425. The van der Waals surface area contributed by atoms with Crippen LogP contribution in [0.4, 0.5) is 9.59 Å². The Balaban J connectivity index is 1.86. The number of aliphatic hydroxyl groups is 1. The van der Waals surface area contributed by atoms with Crippen molar-refractivity contribution in [3.05, 3.63) is 35.9 Å². The molecule has 0 radical (unpaired) electrons. The molecule has 2 atom stereocenters. The molecule has 3 amide bonds. The Morgan fingerprint density at radius 3 is 2.17 bits per heavy atom. The Morgan fingerprint density at radius 2 is 1.63 bits per heavy atom. The van der Waals surface area contributed by atoms with E-state index in [1.54, 1.807) is 20.8 Å². The summed E-state index contributed by atoms with van der Waals surface area (Å²) < 4.78 is 10.5. The zero-order valence-corrected chi connectivity index (χ0v) is 18.0. The van der Waals surface area contributed by atoms with E-state index >= 15 is 0 Å². The van der Waals surface area contributed by atoms with Crippen LogP contribution in [0, 0.1) is 0 Å². The van der Waals surface area contributed by atoms with Crippen LogP contribution in [0.1, 0.15) is 33.3 Å². The summed E-state index contributed by atoms with van der Waals surface area (Å²) in [6.45, 7) is 8.04. The molecule has 0 aliphatic carbocycles. The lowest BCUT2D eigenvalue weighted by atomic mass is 10.1. The lowest BCUT2D eigenvalue weighted by Gasteiger charge is -2.37. The Kier molecular flexibility index (Phi) is 8.05. The van der Waals surface area contributed by atoms with Crippen LogP contribution in [0.25, 0.3) is 0 Å². The molecule has 1 aliphatic rings. The van der Waals surface area contributed by atoms with Crippen LogP contribution in [0.2, 0.25) is 0 Å². The lowest BCUT2D eigenvalue weighted by Crippen LogP contribution is -2.58. The molecular weight excluding hydrogens is 390 g/mol. The van der Waals surface area contributed by atoms with Gasteiger partial charge in [0.15, 0.2) is 0 Å². The van der Waals surface area contributed by atoms with Gasteiger partial charge in [0, 0.05) is 26.2 Å². The molecule has 1 aromatic rings. The number of piperazine rings is 1. The molecule has 1 heterocycles. The highest BCUT2D eigenvalue weighted by Gasteiger charge is 2.33. The average Bonchev–Trinajstić information content (AvgIpc) is 2.69. The predicted molar refractivity (Wildman–Crippen MR) is 110 cm³/mol. The van der Waals surface area contributed by atoms with Gasteiger partial charge in [-0.05, 0) is 33.3 Å². The number of alkyl carbamates (subject to hydrolysis) is 1. The van der Waals surface area contributed by atoms with Gasteiger partial charge in [0.25, 0.3) is 0 Å². The standard InChI is InChI=1S/C21H31N3O6/c1-15(25)17(22-19(27)29-14-16-8-6-5-7-9-16)18(26)23-10-12-24(13-11-23)20(28)30-21(2,3)4/h5-9,15,17,25H,10-14H2,1-4H3,(H,22,27)/t15-,17+/m0/s1. The summed E-state index contributed by atoms with van der Waals surface area (Å²) in [5, 5.41) is 12.5. The molecule has 2 N–H and O–H groups in total. The third-order valence-electron chi connectivity index (χ3n) is 4.48. The van der Waals surface area contributed by atoms with E-state index in [0.717, 1.165) is 5.56 Å². The van der Waals surface area contributed by atoms with E-state index < -0.39 is 35.8 Å². The fourth-order valence-corrected chi connectivity index (χ4v) is 2.91. The molecule has 0 bridgehead atoms. The number of rotatable bonds is 5. The highest BCUT2D eigenvalue weighted by atomic mass is 16.6. The predicted octanol–water partition coefficient (Wildman–Crippen LogP) is 1.74. The average molecular weight is 421 g/mol. The Morgan fingerprint density at radius 1 is 1.07 bits per heavy atom. The van der Waals surface area contributed by atoms with Crippen molar-refractivity contribution in [2.75, 3.05) is 26.2 Å². The van der Waals surface area contributed by atoms with Crippen molar-refractivity contribution in [1.29, 1.82) is 0 Å². The van der Waals surface area contributed by atoms with Gasteiger partial charge in [-0.15, -0.1) is 0 Å². The molecular formula is C21H31N3O6. The molecule has 0 saturated carbocycles.